The van der Waals surface area contributed by atoms with Gasteiger partial charge in [0.1, 0.15) is 5.75 Å². The maximum Gasteiger partial charge on any atom is 0.265 e. The summed E-state index contributed by atoms with van der Waals surface area (Å²) >= 11 is 5.99. The highest BCUT2D eigenvalue weighted by atomic mass is 35.5. The first-order chi connectivity index (χ1) is 13.6. The van der Waals surface area contributed by atoms with Gasteiger partial charge in [0.25, 0.3) is 11.8 Å². The smallest absolute Gasteiger partial charge is 0.265 e. The highest BCUT2D eigenvalue weighted by Crippen LogP contribution is 2.31. The Morgan fingerprint density at radius 2 is 1.82 bits per heavy atom. The van der Waals surface area contributed by atoms with E-state index in [1.165, 1.54) is 0 Å². The van der Waals surface area contributed by atoms with Gasteiger partial charge in [0.05, 0.1) is 0 Å². The van der Waals surface area contributed by atoms with Crippen LogP contribution in [0.2, 0.25) is 5.02 Å². The fourth-order valence-electron chi connectivity index (χ4n) is 2.96. The molecule has 6 nitrogen and oxygen atoms in total. The maximum atomic E-state index is 12.6. The van der Waals surface area contributed by atoms with Gasteiger partial charge < -0.3 is 15.4 Å². The van der Waals surface area contributed by atoms with Crippen molar-refractivity contribution < 1.29 is 14.3 Å². The summed E-state index contributed by atoms with van der Waals surface area (Å²) in [5.41, 5.74) is 2.49. The van der Waals surface area contributed by atoms with Crippen molar-refractivity contribution in [1.29, 1.82) is 0 Å². The SMILES string of the molecule is O=C(Nc1ccncc1)c1cccc(NC(=O)C2Cc3cc(Cl)ccc3O2)c1. The zero-order valence-electron chi connectivity index (χ0n) is 14.7. The predicted octanol–water partition coefficient (Wildman–Crippen LogP) is 3.93. The van der Waals surface area contributed by atoms with Gasteiger partial charge in [-0.2, -0.15) is 0 Å². The average molecular weight is 394 g/mol. The van der Waals surface area contributed by atoms with E-state index >= 15 is 0 Å². The second-order valence-electron chi connectivity index (χ2n) is 6.32. The largest absolute Gasteiger partial charge is 0.480 e. The number of ether oxygens (including phenoxy) is 1. The molecule has 1 aliphatic rings. The van der Waals surface area contributed by atoms with Gasteiger partial charge in [-0.3, -0.25) is 14.6 Å². The molecule has 2 amide bonds. The number of benzene rings is 2. The van der Waals surface area contributed by atoms with Crippen LogP contribution in [0.5, 0.6) is 5.75 Å². The number of fused-ring (bicyclic) bond motifs is 1. The second-order valence-corrected chi connectivity index (χ2v) is 6.76. The number of aromatic nitrogens is 1. The van der Waals surface area contributed by atoms with Gasteiger partial charge in [0, 0.05) is 40.8 Å². The predicted molar refractivity (Wildman–Crippen MR) is 107 cm³/mol. The molecule has 1 aliphatic heterocycles. The fraction of sp³-hybridized carbons (Fsp3) is 0.0952. The van der Waals surface area contributed by atoms with Crippen molar-refractivity contribution in [2.75, 3.05) is 10.6 Å². The Balaban J connectivity index is 1.42. The minimum Gasteiger partial charge on any atom is -0.480 e. The third-order valence-corrected chi connectivity index (χ3v) is 4.56. The van der Waals surface area contributed by atoms with Crippen molar-refractivity contribution in [1.82, 2.24) is 4.98 Å². The molecule has 28 heavy (non-hydrogen) atoms. The number of hydrogen-bond donors (Lipinski definition) is 2. The number of hydrogen-bond acceptors (Lipinski definition) is 4. The van der Waals surface area contributed by atoms with Crippen LogP contribution in [0.3, 0.4) is 0 Å². The van der Waals surface area contributed by atoms with Crippen LogP contribution in [0.15, 0.2) is 67.0 Å². The van der Waals surface area contributed by atoms with Crippen LogP contribution in [-0.4, -0.2) is 22.9 Å². The maximum absolute atomic E-state index is 12.6. The number of carbonyl (C=O) groups excluding carboxylic acids is 2. The molecule has 2 N–H and O–H groups in total. The molecule has 0 saturated carbocycles. The molecule has 0 spiro atoms. The molecule has 7 heteroatoms. The minimum absolute atomic E-state index is 0.276. The second kappa shape index (κ2) is 7.70. The standard InChI is InChI=1S/C21H16ClN3O3/c22-15-4-5-18-14(10-15)12-19(28-18)21(27)25-17-3-1-2-13(11-17)20(26)24-16-6-8-23-9-7-16/h1-11,19H,12H2,(H,25,27)(H,23,24,26). The van der Waals surface area contributed by atoms with E-state index in [1.807, 2.05) is 0 Å². The van der Waals surface area contributed by atoms with Gasteiger partial charge in [0.15, 0.2) is 6.10 Å². The zero-order valence-corrected chi connectivity index (χ0v) is 15.4. The third kappa shape index (κ3) is 3.97. The number of amides is 2. The van der Waals surface area contributed by atoms with E-state index < -0.39 is 6.10 Å². The van der Waals surface area contributed by atoms with E-state index in [-0.39, 0.29) is 11.8 Å². The van der Waals surface area contributed by atoms with Crippen LogP contribution in [-0.2, 0) is 11.2 Å². The molecule has 0 fully saturated rings. The number of halogens is 1. The van der Waals surface area contributed by atoms with Gasteiger partial charge in [-0.15, -0.1) is 0 Å². The van der Waals surface area contributed by atoms with Crippen molar-refractivity contribution in [3.05, 3.63) is 83.1 Å². The van der Waals surface area contributed by atoms with Crippen molar-refractivity contribution >= 4 is 34.8 Å². The van der Waals surface area contributed by atoms with Crippen LogP contribution in [0.4, 0.5) is 11.4 Å². The van der Waals surface area contributed by atoms with Crippen LogP contribution in [0.25, 0.3) is 0 Å². The molecular weight excluding hydrogens is 378 g/mol. The number of pyridine rings is 1. The van der Waals surface area contributed by atoms with Crippen molar-refractivity contribution in [2.45, 2.75) is 12.5 Å². The van der Waals surface area contributed by atoms with Crippen molar-refractivity contribution in [2.24, 2.45) is 0 Å². The molecule has 0 bridgehead atoms. The normalized spacial score (nSPS) is 14.7. The van der Waals surface area contributed by atoms with Crippen molar-refractivity contribution in [3.63, 3.8) is 0 Å². The summed E-state index contributed by atoms with van der Waals surface area (Å²) in [5.74, 6) is 0.107. The summed E-state index contributed by atoms with van der Waals surface area (Å²) in [4.78, 5) is 28.9. The molecule has 0 radical (unpaired) electrons. The van der Waals surface area contributed by atoms with Gasteiger partial charge in [-0.05, 0) is 54.1 Å². The lowest BCUT2D eigenvalue weighted by molar-refractivity contribution is -0.122. The Morgan fingerprint density at radius 1 is 1.00 bits per heavy atom. The number of carbonyl (C=O) groups is 2. The molecule has 1 unspecified atom stereocenters. The summed E-state index contributed by atoms with van der Waals surface area (Å²) in [7, 11) is 0. The van der Waals surface area contributed by atoms with E-state index in [1.54, 1.807) is 67.0 Å². The summed E-state index contributed by atoms with van der Waals surface area (Å²) < 4.78 is 5.70. The molecule has 0 saturated heterocycles. The van der Waals surface area contributed by atoms with E-state index in [4.69, 9.17) is 16.3 Å². The molecule has 140 valence electrons. The topological polar surface area (TPSA) is 80.3 Å². The molecule has 3 aromatic rings. The Morgan fingerprint density at radius 3 is 2.64 bits per heavy atom. The Bertz CT molecular complexity index is 1040. The van der Waals surface area contributed by atoms with Gasteiger partial charge in [-0.1, -0.05) is 17.7 Å². The summed E-state index contributed by atoms with van der Waals surface area (Å²) in [6.07, 6.45) is 3.00. The number of nitrogens with zero attached hydrogens (tertiary/aromatic N) is 1. The van der Waals surface area contributed by atoms with E-state index in [2.05, 4.69) is 15.6 Å². The van der Waals surface area contributed by atoms with Crippen LogP contribution in [0.1, 0.15) is 15.9 Å². The molecule has 2 aromatic carbocycles. The monoisotopic (exact) mass is 393 g/mol. The zero-order chi connectivity index (χ0) is 19.5. The van der Waals surface area contributed by atoms with Crippen LogP contribution in [0, 0.1) is 0 Å². The van der Waals surface area contributed by atoms with E-state index in [0.717, 1.165) is 5.56 Å². The summed E-state index contributed by atoms with van der Waals surface area (Å²) in [6.45, 7) is 0. The Kier molecular flexibility index (Phi) is 4.95. The molecule has 1 atom stereocenters. The summed E-state index contributed by atoms with van der Waals surface area (Å²) in [6, 6.07) is 15.4. The first-order valence-electron chi connectivity index (χ1n) is 8.66. The highest BCUT2D eigenvalue weighted by molar-refractivity contribution is 6.30. The quantitative estimate of drug-likeness (QED) is 0.703. The molecule has 1 aromatic heterocycles. The average Bonchev–Trinajstić information content (AvgIpc) is 3.12. The number of rotatable bonds is 4. The molecule has 0 aliphatic carbocycles. The Labute approximate surface area is 166 Å². The third-order valence-electron chi connectivity index (χ3n) is 4.32. The van der Waals surface area contributed by atoms with Crippen molar-refractivity contribution in [3.8, 4) is 5.75 Å². The lowest BCUT2D eigenvalue weighted by Crippen LogP contribution is -2.31. The van der Waals surface area contributed by atoms with Gasteiger partial charge >= 0.3 is 0 Å². The molecular formula is C21H16ClN3O3. The van der Waals surface area contributed by atoms with Gasteiger partial charge in [-0.25, -0.2) is 0 Å². The lowest BCUT2D eigenvalue weighted by atomic mass is 10.1. The summed E-state index contributed by atoms with van der Waals surface area (Å²) in [5, 5.41) is 6.20. The van der Waals surface area contributed by atoms with Crippen LogP contribution >= 0.6 is 11.6 Å². The van der Waals surface area contributed by atoms with Gasteiger partial charge in [0.2, 0.25) is 0 Å². The molecule has 2 heterocycles. The lowest BCUT2D eigenvalue weighted by Gasteiger charge is -2.12. The van der Waals surface area contributed by atoms with E-state index in [9.17, 15) is 9.59 Å². The number of nitrogens with one attached hydrogen (secondary N) is 2. The Hall–Kier alpha value is -3.38. The first-order valence-corrected chi connectivity index (χ1v) is 9.04. The van der Waals surface area contributed by atoms with Crippen LogP contribution < -0.4 is 15.4 Å². The number of anilines is 2. The highest BCUT2D eigenvalue weighted by Gasteiger charge is 2.29. The minimum atomic E-state index is -0.636. The molecule has 4 rings (SSSR count). The fourth-order valence-corrected chi connectivity index (χ4v) is 3.16. The first kappa shape index (κ1) is 18.0. The van der Waals surface area contributed by atoms with E-state index in [0.29, 0.717) is 34.1 Å².